The average Bonchev–Trinajstić information content (AvgIpc) is 2.87. The Kier molecular flexibility index (Phi) is 2.53. The van der Waals surface area contributed by atoms with E-state index in [1.807, 2.05) is 12.1 Å². The van der Waals surface area contributed by atoms with Crippen LogP contribution in [0.15, 0.2) is 18.2 Å². The number of rotatable bonds is 1. The smallest absolute Gasteiger partial charge is 0.201 e. The molecule has 1 heterocycles. The summed E-state index contributed by atoms with van der Waals surface area (Å²) in [5, 5.41) is 9.16. The molecule has 2 N–H and O–H groups in total. The van der Waals surface area contributed by atoms with E-state index in [0.717, 1.165) is 17.5 Å². The number of fused-ring (bicyclic) bond motifs is 1. The van der Waals surface area contributed by atoms with Crippen molar-refractivity contribution in [3.63, 3.8) is 0 Å². The summed E-state index contributed by atoms with van der Waals surface area (Å²) in [4.78, 5) is 4.41. The monoisotopic (exact) mass is 254 g/mol. The topological polar surface area (TPSA) is 67.6 Å². The van der Waals surface area contributed by atoms with E-state index >= 15 is 0 Å². The van der Waals surface area contributed by atoms with Gasteiger partial charge >= 0.3 is 0 Å². The Morgan fingerprint density at radius 2 is 2.26 bits per heavy atom. The van der Waals surface area contributed by atoms with E-state index in [0.29, 0.717) is 17.6 Å². The van der Waals surface area contributed by atoms with Crippen LogP contribution >= 0.6 is 0 Å². The third kappa shape index (κ3) is 1.69. The second-order valence-electron chi connectivity index (χ2n) is 6.02. The molecule has 4 heteroatoms. The highest BCUT2D eigenvalue weighted by Crippen LogP contribution is 2.47. The molecular formula is C15H18N4. The minimum Gasteiger partial charge on any atom is -0.369 e. The van der Waals surface area contributed by atoms with Crippen LogP contribution in [-0.2, 0) is 0 Å². The largest absolute Gasteiger partial charge is 0.369 e. The Balaban J connectivity index is 2.25. The van der Waals surface area contributed by atoms with Crippen LogP contribution in [0.1, 0.15) is 44.7 Å². The number of anilines is 1. The number of hydrogen-bond acceptors (Lipinski definition) is 3. The summed E-state index contributed by atoms with van der Waals surface area (Å²) in [6, 6.07) is 8.26. The van der Waals surface area contributed by atoms with Gasteiger partial charge in [0.15, 0.2) is 0 Å². The molecule has 98 valence electrons. The van der Waals surface area contributed by atoms with Crippen LogP contribution in [0.5, 0.6) is 0 Å². The van der Waals surface area contributed by atoms with Crippen LogP contribution < -0.4 is 5.73 Å². The molecule has 3 rings (SSSR count). The van der Waals surface area contributed by atoms with Crippen LogP contribution in [-0.4, -0.2) is 9.55 Å². The van der Waals surface area contributed by atoms with Crippen molar-refractivity contribution in [3.05, 3.63) is 23.8 Å². The van der Waals surface area contributed by atoms with E-state index in [-0.39, 0.29) is 5.41 Å². The van der Waals surface area contributed by atoms with Gasteiger partial charge in [-0.15, -0.1) is 0 Å². The standard InChI is InChI=1S/C15H18N4/c1-15(2)8-4-7-12(15)19-11-6-3-5-10(9-16)13(11)18-14(19)17/h3,5-6,12H,4,7-8H2,1-2H3,(H2,17,18). The highest BCUT2D eigenvalue weighted by molar-refractivity contribution is 5.84. The van der Waals surface area contributed by atoms with Gasteiger partial charge in [-0.25, -0.2) is 4.98 Å². The van der Waals surface area contributed by atoms with E-state index in [4.69, 9.17) is 11.0 Å². The molecular weight excluding hydrogens is 236 g/mol. The lowest BCUT2D eigenvalue weighted by atomic mass is 9.87. The van der Waals surface area contributed by atoms with Gasteiger partial charge in [-0.3, -0.25) is 0 Å². The number of benzene rings is 1. The fourth-order valence-electron chi connectivity index (χ4n) is 3.34. The first-order valence-corrected chi connectivity index (χ1v) is 6.71. The van der Waals surface area contributed by atoms with Crippen molar-refractivity contribution in [3.8, 4) is 6.07 Å². The van der Waals surface area contributed by atoms with Gasteiger partial charge in [-0.05, 0) is 30.4 Å². The lowest BCUT2D eigenvalue weighted by molar-refractivity contribution is 0.268. The van der Waals surface area contributed by atoms with Crippen molar-refractivity contribution in [1.82, 2.24) is 9.55 Å². The number of nitrogens with zero attached hydrogens (tertiary/aromatic N) is 3. The third-order valence-corrected chi connectivity index (χ3v) is 4.38. The molecule has 0 bridgehead atoms. The zero-order chi connectivity index (χ0) is 13.6. The third-order valence-electron chi connectivity index (χ3n) is 4.38. The van der Waals surface area contributed by atoms with Crippen molar-refractivity contribution in [2.24, 2.45) is 5.41 Å². The van der Waals surface area contributed by atoms with Gasteiger partial charge in [0, 0.05) is 6.04 Å². The number of imidazole rings is 1. The maximum atomic E-state index is 9.16. The van der Waals surface area contributed by atoms with E-state index in [1.165, 1.54) is 12.8 Å². The van der Waals surface area contributed by atoms with E-state index < -0.39 is 0 Å². The van der Waals surface area contributed by atoms with E-state index in [1.54, 1.807) is 6.07 Å². The number of aromatic nitrogens is 2. The molecule has 1 aliphatic carbocycles. The first-order valence-electron chi connectivity index (χ1n) is 6.71. The Morgan fingerprint density at radius 3 is 2.89 bits per heavy atom. The number of nitrogens with two attached hydrogens (primary N) is 1. The Bertz CT molecular complexity index is 675. The van der Waals surface area contributed by atoms with Gasteiger partial charge in [-0.2, -0.15) is 5.26 Å². The minimum atomic E-state index is 0.227. The van der Waals surface area contributed by atoms with Crippen LogP contribution in [0.4, 0.5) is 5.95 Å². The highest BCUT2D eigenvalue weighted by Gasteiger charge is 2.37. The zero-order valence-corrected chi connectivity index (χ0v) is 11.3. The Morgan fingerprint density at radius 1 is 1.47 bits per heavy atom. The summed E-state index contributed by atoms with van der Waals surface area (Å²) in [6.45, 7) is 4.56. The molecule has 1 aliphatic rings. The van der Waals surface area contributed by atoms with E-state index in [2.05, 4.69) is 29.5 Å². The lowest BCUT2D eigenvalue weighted by Crippen LogP contribution is -2.22. The molecule has 1 aromatic heterocycles. The summed E-state index contributed by atoms with van der Waals surface area (Å²) in [7, 11) is 0. The summed E-state index contributed by atoms with van der Waals surface area (Å²) < 4.78 is 2.13. The van der Waals surface area contributed by atoms with Crippen LogP contribution in [0.2, 0.25) is 0 Å². The van der Waals surface area contributed by atoms with Crippen LogP contribution in [0, 0.1) is 16.7 Å². The molecule has 0 radical (unpaired) electrons. The number of para-hydroxylation sites is 1. The SMILES string of the molecule is CC1(C)CCCC1n1c(N)nc2c(C#N)cccc21. The molecule has 1 aromatic carbocycles. The second-order valence-corrected chi connectivity index (χ2v) is 6.02. The number of nitrogen functional groups attached to an aromatic ring is 1. The van der Waals surface area contributed by atoms with Gasteiger partial charge in [0.05, 0.1) is 11.1 Å². The molecule has 0 spiro atoms. The average molecular weight is 254 g/mol. The summed E-state index contributed by atoms with van der Waals surface area (Å²) in [5.74, 6) is 0.526. The Labute approximate surface area is 112 Å². The predicted octanol–water partition coefficient (Wildman–Crippen LogP) is 3.24. The molecule has 1 atom stereocenters. The fraction of sp³-hybridized carbons (Fsp3) is 0.467. The molecule has 2 aromatic rings. The fourth-order valence-corrected chi connectivity index (χ4v) is 3.34. The molecule has 4 nitrogen and oxygen atoms in total. The number of nitriles is 1. The first-order chi connectivity index (χ1) is 9.04. The maximum Gasteiger partial charge on any atom is 0.201 e. The summed E-state index contributed by atoms with van der Waals surface area (Å²) >= 11 is 0. The van der Waals surface area contributed by atoms with Crippen molar-refractivity contribution in [1.29, 1.82) is 5.26 Å². The van der Waals surface area contributed by atoms with Crippen molar-refractivity contribution >= 4 is 17.0 Å². The van der Waals surface area contributed by atoms with Gasteiger partial charge in [0.1, 0.15) is 11.6 Å². The lowest BCUT2D eigenvalue weighted by Gasteiger charge is -2.29. The normalized spacial score (nSPS) is 21.6. The van der Waals surface area contributed by atoms with Crippen molar-refractivity contribution in [2.75, 3.05) is 5.73 Å². The highest BCUT2D eigenvalue weighted by atomic mass is 15.2. The Hall–Kier alpha value is -2.02. The minimum absolute atomic E-state index is 0.227. The summed E-state index contributed by atoms with van der Waals surface area (Å²) in [6.07, 6.45) is 3.54. The van der Waals surface area contributed by atoms with Gasteiger partial charge < -0.3 is 10.3 Å². The molecule has 0 amide bonds. The molecule has 1 saturated carbocycles. The van der Waals surface area contributed by atoms with Crippen molar-refractivity contribution in [2.45, 2.75) is 39.2 Å². The van der Waals surface area contributed by atoms with Gasteiger partial charge in [0.2, 0.25) is 5.95 Å². The van der Waals surface area contributed by atoms with E-state index in [9.17, 15) is 0 Å². The zero-order valence-electron chi connectivity index (χ0n) is 11.3. The van der Waals surface area contributed by atoms with Crippen LogP contribution in [0.3, 0.4) is 0 Å². The predicted molar refractivity (Wildman–Crippen MR) is 75.5 cm³/mol. The van der Waals surface area contributed by atoms with Crippen molar-refractivity contribution < 1.29 is 0 Å². The van der Waals surface area contributed by atoms with Gasteiger partial charge in [-0.1, -0.05) is 26.3 Å². The van der Waals surface area contributed by atoms with Gasteiger partial charge in [0.25, 0.3) is 0 Å². The molecule has 0 aliphatic heterocycles. The maximum absolute atomic E-state index is 9.16. The summed E-state index contributed by atoms with van der Waals surface area (Å²) in [5.41, 5.74) is 8.65. The first kappa shape index (κ1) is 12.0. The van der Waals surface area contributed by atoms with Crippen LogP contribution in [0.25, 0.3) is 11.0 Å². The molecule has 1 unspecified atom stereocenters. The molecule has 1 fully saturated rings. The number of hydrogen-bond donors (Lipinski definition) is 1. The molecule has 19 heavy (non-hydrogen) atoms. The quantitative estimate of drug-likeness (QED) is 0.849. The molecule has 0 saturated heterocycles. The second kappa shape index (κ2) is 3.99.